The summed E-state index contributed by atoms with van der Waals surface area (Å²) in [5.41, 5.74) is 1.15. The van der Waals surface area contributed by atoms with E-state index in [1.807, 2.05) is 30.3 Å². The zero-order chi connectivity index (χ0) is 21.7. The monoisotopic (exact) mass is 435 g/mol. The van der Waals surface area contributed by atoms with Crippen LogP contribution in [0.25, 0.3) is 0 Å². The van der Waals surface area contributed by atoms with Crippen molar-refractivity contribution in [3.63, 3.8) is 0 Å². The van der Waals surface area contributed by atoms with Crippen LogP contribution in [-0.4, -0.2) is 70.5 Å². The van der Waals surface area contributed by atoms with Crippen LogP contribution >= 0.6 is 0 Å². The van der Waals surface area contributed by atoms with Crippen molar-refractivity contribution in [2.75, 3.05) is 46.9 Å². The number of nitrogens with one attached hydrogen (secondary N) is 1. The van der Waals surface area contributed by atoms with Crippen LogP contribution in [0.15, 0.2) is 53.4 Å². The van der Waals surface area contributed by atoms with E-state index in [0.717, 1.165) is 35.1 Å². The molecular weight excluding hydrogens is 409 g/mol. The summed E-state index contributed by atoms with van der Waals surface area (Å²) in [6.07, 6.45) is 0. The number of hydrogen-bond donors (Lipinski definition) is 1. The fraction of sp³-hybridized carbons (Fsp3) is 0.381. The van der Waals surface area contributed by atoms with Crippen molar-refractivity contribution in [2.24, 2.45) is 0 Å². The zero-order valence-electron chi connectivity index (χ0n) is 17.0. The van der Waals surface area contributed by atoms with Crippen LogP contribution in [0.1, 0.15) is 22.0 Å². The summed E-state index contributed by atoms with van der Waals surface area (Å²) >= 11 is 0. The van der Waals surface area contributed by atoms with Crippen LogP contribution in [0.2, 0.25) is 0 Å². The fourth-order valence-corrected chi connectivity index (χ4v) is 4.34. The van der Waals surface area contributed by atoms with Crippen molar-refractivity contribution in [1.29, 1.82) is 0 Å². The van der Waals surface area contributed by atoms with Gasteiger partial charge in [-0.2, -0.15) is 0 Å². The number of amides is 1. The summed E-state index contributed by atoms with van der Waals surface area (Å²) in [7, 11) is -1.37. The third-order valence-electron chi connectivity index (χ3n) is 5.08. The van der Waals surface area contributed by atoms with Gasteiger partial charge in [-0.05, 0) is 23.8 Å². The van der Waals surface area contributed by atoms with E-state index in [-0.39, 0.29) is 11.6 Å². The van der Waals surface area contributed by atoms with Gasteiger partial charge in [-0.15, -0.1) is 0 Å². The smallest absolute Gasteiger partial charge is 0.251 e. The van der Waals surface area contributed by atoms with Gasteiger partial charge in [-0.3, -0.25) is 9.69 Å². The van der Waals surface area contributed by atoms with Gasteiger partial charge in [0.1, 0.15) is 10.7 Å². The van der Waals surface area contributed by atoms with E-state index in [4.69, 9.17) is 4.74 Å². The molecule has 2 aromatic carbocycles. The van der Waals surface area contributed by atoms with Gasteiger partial charge in [-0.25, -0.2) is 17.1 Å². The number of halogens is 1. The van der Waals surface area contributed by atoms with E-state index >= 15 is 0 Å². The molecule has 1 fully saturated rings. The molecule has 162 valence electrons. The second-order valence-electron chi connectivity index (χ2n) is 7.22. The normalized spacial score (nSPS) is 16.4. The van der Waals surface area contributed by atoms with Crippen LogP contribution in [0.3, 0.4) is 0 Å². The Hall–Kier alpha value is -2.33. The number of sulfonamides is 1. The highest BCUT2D eigenvalue weighted by molar-refractivity contribution is 7.89. The predicted molar refractivity (Wildman–Crippen MR) is 111 cm³/mol. The predicted octanol–water partition coefficient (Wildman–Crippen LogP) is 1.88. The van der Waals surface area contributed by atoms with Gasteiger partial charge in [0.2, 0.25) is 10.0 Å². The first kappa shape index (κ1) is 22.4. The number of morpholine rings is 1. The number of ether oxygens (including phenoxy) is 1. The number of carbonyl (C=O) groups excluding carboxylic acids is 1. The molecule has 1 heterocycles. The summed E-state index contributed by atoms with van der Waals surface area (Å²) < 4.78 is 45.1. The first-order chi connectivity index (χ1) is 14.3. The maximum Gasteiger partial charge on any atom is 0.251 e. The topological polar surface area (TPSA) is 79.0 Å². The van der Waals surface area contributed by atoms with Gasteiger partial charge in [0.05, 0.1) is 19.3 Å². The van der Waals surface area contributed by atoms with Gasteiger partial charge in [0.25, 0.3) is 5.91 Å². The Morgan fingerprint density at radius 3 is 2.47 bits per heavy atom. The molecule has 0 bridgehead atoms. The molecule has 1 N–H and O–H groups in total. The molecular formula is C21H26FN3O4S. The molecule has 3 rings (SSSR count). The highest BCUT2D eigenvalue weighted by Gasteiger charge is 2.25. The lowest BCUT2D eigenvalue weighted by molar-refractivity contribution is 0.0162. The molecule has 1 saturated heterocycles. The quantitative estimate of drug-likeness (QED) is 0.719. The van der Waals surface area contributed by atoms with Gasteiger partial charge in [0, 0.05) is 39.3 Å². The average molecular weight is 436 g/mol. The molecule has 30 heavy (non-hydrogen) atoms. The Balaban J connectivity index is 1.79. The first-order valence-electron chi connectivity index (χ1n) is 9.67. The largest absolute Gasteiger partial charge is 0.379 e. The Bertz CT molecular complexity index is 977. The maximum absolute atomic E-state index is 14.1. The minimum absolute atomic E-state index is 0.0514. The fourth-order valence-electron chi connectivity index (χ4n) is 3.35. The van der Waals surface area contributed by atoms with E-state index in [0.29, 0.717) is 19.8 Å². The van der Waals surface area contributed by atoms with E-state index in [1.165, 1.54) is 20.2 Å². The van der Waals surface area contributed by atoms with Crippen LogP contribution in [-0.2, 0) is 14.8 Å². The van der Waals surface area contributed by atoms with Crippen LogP contribution in [0, 0.1) is 5.82 Å². The minimum atomic E-state index is -4.00. The van der Waals surface area contributed by atoms with Gasteiger partial charge in [-0.1, -0.05) is 30.3 Å². The molecule has 1 amide bonds. The third kappa shape index (κ3) is 5.04. The lowest BCUT2D eigenvalue weighted by Gasteiger charge is -2.35. The number of rotatable bonds is 7. The molecule has 0 radical (unpaired) electrons. The van der Waals surface area contributed by atoms with Crippen molar-refractivity contribution in [3.05, 3.63) is 65.5 Å². The minimum Gasteiger partial charge on any atom is -0.379 e. The molecule has 1 atom stereocenters. The molecule has 1 aliphatic rings. The number of carbonyl (C=O) groups is 1. The van der Waals surface area contributed by atoms with Crippen LogP contribution in [0.5, 0.6) is 0 Å². The molecule has 9 heteroatoms. The molecule has 0 aliphatic carbocycles. The Labute approximate surface area is 176 Å². The summed E-state index contributed by atoms with van der Waals surface area (Å²) in [6.45, 7) is 3.08. The Morgan fingerprint density at radius 1 is 1.17 bits per heavy atom. The molecule has 7 nitrogen and oxygen atoms in total. The average Bonchev–Trinajstić information content (AvgIpc) is 2.75. The summed E-state index contributed by atoms with van der Waals surface area (Å²) in [5.74, 6) is -1.35. The summed E-state index contributed by atoms with van der Waals surface area (Å²) in [5, 5.41) is 2.87. The lowest BCUT2D eigenvalue weighted by atomic mass is 10.0. The van der Waals surface area contributed by atoms with Crippen LogP contribution in [0.4, 0.5) is 4.39 Å². The standard InChI is InChI=1S/C21H26FN3O4S/c1-24(2)30(27,28)20-14-17(8-9-18(20)22)21(26)23-15-19(16-6-4-3-5-7-16)25-10-12-29-13-11-25/h3-9,14,19H,10-13,15H2,1-2H3,(H,23,26). The highest BCUT2D eigenvalue weighted by Crippen LogP contribution is 2.22. The van der Waals surface area contributed by atoms with E-state index in [2.05, 4.69) is 10.2 Å². The van der Waals surface area contributed by atoms with Crippen molar-refractivity contribution in [1.82, 2.24) is 14.5 Å². The number of nitrogens with zero attached hydrogens (tertiary/aromatic N) is 2. The number of benzene rings is 2. The second-order valence-corrected chi connectivity index (χ2v) is 9.34. The van der Waals surface area contributed by atoms with Gasteiger partial charge < -0.3 is 10.1 Å². The SMILES string of the molecule is CN(C)S(=O)(=O)c1cc(C(=O)NCC(c2ccccc2)N2CCOCC2)ccc1F. The summed E-state index contributed by atoms with van der Waals surface area (Å²) in [4.78, 5) is 14.5. The van der Waals surface area contributed by atoms with Gasteiger partial charge >= 0.3 is 0 Å². The van der Waals surface area contributed by atoms with E-state index in [1.54, 1.807) is 0 Å². The van der Waals surface area contributed by atoms with Crippen molar-refractivity contribution in [3.8, 4) is 0 Å². The lowest BCUT2D eigenvalue weighted by Crippen LogP contribution is -2.43. The second kappa shape index (κ2) is 9.65. The molecule has 0 aromatic heterocycles. The number of hydrogen-bond acceptors (Lipinski definition) is 5. The van der Waals surface area contributed by atoms with E-state index in [9.17, 15) is 17.6 Å². The van der Waals surface area contributed by atoms with Crippen molar-refractivity contribution < 1.29 is 22.3 Å². The zero-order valence-corrected chi connectivity index (χ0v) is 17.9. The third-order valence-corrected chi connectivity index (χ3v) is 6.91. The first-order valence-corrected chi connectivity index (χ1v) is 11.1. The maximum atomic E-state index is 14.1. The van der Waals surface area contributed by atoms with Gasteiger partial charge in [0.15, 0.2) is 0 Å². The van der Waals surface area contributed by atoms with Crippen LogP contribution < -0.4 is 5.32 Å². The summed E-state index contributed by atoms with van der Waals surface area (Å²) in [6, 6.07) is 13.2. The van der Waals surface area contributed by atoms with E-state index < -0.39 is 26.6 Å². The Morgan fingerprint density at radius 2 is 1.83 bits per heavy atom. The molecule has 0 saturated carbocycles. The molecule has 0 spiro atoms. The molecule has 2 aromatic rings. The van der Waals surface area contributed by atoms with Crippen molar-refractivity contribution >= 4 is 15.9 Å². The highest BCUT2D eigenvalue weighted by atomic mass is 32.2. The van der Waals surface area contributed by atoms with Crippen molar-refractivity contribution in [2.45, 2.75) is 10.9 Å². The molecule has 1 aliphatic heterocycles. The Kier molecular flexibility index (Phi) is 7.19. The molecule has 1 unspecified atom stereocenters.